The summed E-state index contributed by atoms with van der Waals surface area (Å²) in [6, 6.07) is 3.81. The molecule has 2 aromatic heterocycles. The van der Waals surface area contributed by atoms with Gasteiger partial charge < -0.3 is 5.73 Å². The first-order valence-electron chi connectivity index (χ1n) is 4.49. The molecule has 0 radical (unpaired) electrons. The van der Waals surface area contributed by atoms with E-state index in [1.54, 1.807) is 29.3 Å². The second kappa shape index (κ2) is 4.63. The van der Waals surface area contributed by atoms with Crippen LogP contribution in [0.15, 0.2) is 29.4 Å². The van der Waals surface area contributed by atoms with Crippen LogP contribution in [0.25, 0.3) is 0 Å². The lowest BCUT2D eigenvalue weighted by Crippen LogP contribution is -1.87. The number of rotatable bonds is 3. The van der Waals surface area contributed by atoms with Gasteiger partial charge in [0.05, 0.1) is 5.01 Å². The fraction of sp³-hybridized carbons (Fsp3) is 0.200. The largest absolute Gasteiger partial charge is 0.384 e. The molecule has 0 saturated heterocycles. The standard InChI is InChI=1S/C10H11N3S2/c1-7-12-5-9(15-7)6-14-8-2-3-10(11)13-4-8/h2-5H,6H2,1H3,(H2,11,13). The molecule has 0 fully saturated rings. The molecular weight excluding hydrogens is 226 g/mol. The molecule has 2 aromatic rings. The average Bonchev–Trinajstić information content (AvgIpc) is 2.64. The fourth-order valence-electron chi connectivity index (χ4n) is 1.10. The number of nitrogen functional groups attached to an aromatic ring is 1. The predicted octanol–water partition coefficient (Wildman–Crippen LogP) is 2.72. The van der Waals surface area contributed by atoms with Crippen LogP contribution in [-0.4, -0.2) is 9.97 Å². The first-order valence-corrected chi connectivity index (χ1v) is 6.30. The average molecular weight is 237 g/mol. The fourth-order valence-corrected chi connectivity index (χ4v) is 2.78. The van der Waals surface area contributed by atoms with E-state index in [2.05, 4.69) is 9.97 Å². The zero-order chi connectivity index (χ0) is 10.7. The van der Waals surface area contributed by atoms with Gasteiger partial charge in [0.2, 0.25) is 0 Å². The summed E-state index contributed by atoms with van der Waals surface area (Å²) in [5.41, 5.74) is 5.51. The van der Waals surface area contributed by atoms with E-state index in [4.69, 9.17) is 5.73 Å². The maximum absolute atomic E-state index is 5.51. The van der Waals surface area contributed by atoms with Crippen LogP contribution in [0.1, 0.15) is 9.88 Å². The molecule has 0 atom stereocenters. The van der Waals surface area contributed by atoms with Crippen LogP contribution in [-0.2, 0) is 5.75 Å². The van der Waals surface area contributed by atoms with E-state index < -0.39 is 0 Å². The van der Waals surface area contributed by atoms with E-state index in [0.717, 1.165) is 15.7 Å². The third-order valence-corrected chi connectivity index (χ3v) is 3.94. The molecule has 0 aliphatic carbocycles. The molecule has 78 valence electrons. The van der Waals surface area contributed by atoms with E-state index in [0.29, 0.717) is 5.82 Å². The summed E-state index contributed by atoms with van der Waals surface area (Å²) in [7, 11) is 0. The van der Waals surface area contributed by atoms with Gasteiger partial charge in [0.25, 0.3) is 0 Å². The predicted molar refractivity (Wildman–Crippen MR) is 65.1 cm³/mol. The zero-order valence-corrected chi connectivity index (χ0v) is 9.94. The van der Waals surface area contributed by atoms with Crippen LogP contribution < -0.4 is 5.73 Å². The summed E-state index contributed by atoms with van der Waals surface area (Å²) in [6.07, 6.45) is 3.73. The Morgan fingerprint density at radius 1 is 1.33 bits per heavy atom. The molecule has 0 spiro atoms. The minimum atomic E-state index is 0.563. The van der Waals surface area contributed by atoms with Crippen molar-refractivity contribution in [2.24, 2.45) is 0 Å². The Balaban J connectivity index is 1.96. The number of aryl methyl sites for hydroxylation is 1. The van der Waals surface area contributed by atoms with Crippen molar-refractivity contribution in [1.29, 1.82) is 0 Å². The summed E-state index contributed by atoms with van der Waals surface area (Å²) < 4.78 is 0. The van der Waals surface area contributed by atoms with Crippen molar-refractivity contribution in [3.8, 4) is 0 Å². The van der Waals surface area contributed by atoms with Crippen LogP contribution in [0.2, 0.25) is 0 Å². The number of nitrogens with two attached hydrogens (primary N) is 1. The SMILES string of the molecule is Cc1ncc(CSc2ccc(N)nc2)s1. The van der Waals surface area contributed by atoms with Crippen molar-refractivity contribution in [2.45, 2.75) is 17.6 Å². The Labute approximate surface area is 96.8 Å². The van der Waals surface area contributed by atoms with E-state index in [-0.39, 0.29) is 0 Å². The van der Waals surface area contributed by atoms with Gasteiger partial charge in [-0.15, -0.1) is 23.1 Å². The molecule has 0 aliphatic rings. The summed E-state index contributed by atoms with van der Waals surface area (Å²) in [6.45, 7) is 2.02. The normalized spacial score (nSPS) is 10.5. The Morgan fingerprint density at radius 2 is 2.20 bits per heavy atom. The second-order valence-electron chi connectivity index (χ2n) is 3.05. The van der Waals surface area contributed by atoms with E-state index in [1.165, 1.54) is 4.88 Å². The smallest absolute Gasteiger partial charge is 0.123 e. The van der Waals surface area contributed by atoms with Gasteiger partial charge in [0.1, 0.15) is 5.82 Å². The van der Waals surface area contributed by atoms with Crippen molar-refractivity contribution < 1.29 is 0 Å². The van der Waals surface area contributed by atoms with Gasteiger partial charge >= 0.3 is 0 Å². The lowest BCUT2D eigenvalue weighted by Gasteiger charge is -1.98. The second-order valence-corrected chi connectivity index (χ2v) is 5.42. The summed E-state index contributed by atoms with van der Waals surface area (Å²) in [5, 5.41) is 1.11. The molecule has 2 heterocycles. The minimum Gasteiger partial charge on any atom is -0.384 e. The number of hydrogen-bond acceptors (Lipinski definition) is 5. The van der Waals surface area contributed by atoms with Gasteiger partial charge in [0, 0.05) is 27.9 Å². The Morgan fingerprint density at radius 3 is 2.80 bits per heavy atom. The number of hydrogen-bond donors (Lipinski definition) is 1. The van der Waals surface area contributed by atoms with Crippen molar-refractivity contribution in [2.75, 3.05) is 5.73 Å². The molecule has 2 rings (SSSR count). The first-order chi connectivity index (χ1) is 7.24. The van der Waals surface area contributed by atoms with Gasteiger partial charge in [0.15, 0.2) is 0 Å². The third kappa shape index (κ3) is 2.94. The molecular formula is C10H11N3S2. The zero-order valence-electron chi connectivity index (χ0n) is 8.30. The van der Waals surface area contributed by atoms with Crippen molar-refractivity contribution in [3.05, 3.63) is 34.4 Å². The molecule has 0 aromatic carbocycles. The van der Waals surface area contributed by atoms with Gasteiger partial charge in [-0.05, 0) is 19.1 Å². The number of aromatic nitrogens is 2. The van der Waals surface area contributed by atoms with Crippen molar-refractivity contribution in [1.82, 2.24) is 9.97 Å². The molecule has 0 saturated carbocycles. The highest BCUT2D eigenvalue weighted by molar-refractivity contribution is 7.98. The third-order valence-electron chi connectivity index (χ3n) is 1.81. The molecule has 0 aliphatic heterocycles. The monoisotopic (exact) mass is 237 g/mol. The number of pyridine rings is 1. The number of thioether (sulfide) groups is 1. The molecule has 15 heavy (non-hydrogen) atoms. The van der Waals surface area contributed by atoms with Crippen LogP contribution >= 0.6 is 23.1 Å². The van der Waals surface area contributed by atoms with Gasteiger partial charge in [-0.2, -0.15) is 0 Å². The van der Waals surface area contributed by atoms with Gasteiger partial charge in [-0.25, -0.2) is 9.97 Å². The molecule has 3 nitrogen and oxygen atoms in total. The van der Waals surface area contributed by atoms with Crippen LogP contribution in [0.5, 0.6) is 0 Å². The minimum absolute atomic E-state index is 0.563. The van der Waals surface area contributed by atoms with Crippen LogP contribution in [0.3, 0.4) is 0 Å². The van der Waals surface area contributed by atoms with Crippen LogP contribution in [0.4, 0.5) is 5.82 Å². The Bertz CT molecular complexity index is 436. The maximum atomic E-state index is 5.51. The molecule has 2 N–H and O–H groups in total. The van der Waals surface area contributed by atoms with Gasteiger partial charge in [-0.3, -0.25) is 0 Å². The van der Waals surface area contributed by atoms with E-state index >= 15 is 0 Å². The highest BCUT2D eigenvalue weighted by atomic mass is 32.2. The Hall–Kier alpha value is -1.07. The van der Waals surface area contributed by atoms with Crippen LogP contribution in [0, 0.1) is 6.92 Å². The topological polar surface area (TPSA) is 51.8 Å². The summed E-state index contributed by atoms with van der Waals surface area (Å²) in [5.74, 6) is 1.50. The van der Waals surface area contributed by atoms with E-state index in [1.807, 2.05) is 25.3 Å². The lowest BCUT2D eigenvalue weighted by atomic mass is 10.5. The number of nitrogens with zero attached hydrogens (tertiary/aromatic N) is 2. The quantitative estimate of drug-likeness (QED) is 0.834. The lowest BCUT2D eigenvalue weighted by molar-refractivity contribution is 1.24. The highest BCUT2D eigenvalue weighted by Crippen LogP contribution is 2.25. The molecule has 0 bridgehead atoms. The van der Waals surface area contributed by atoms with Crippen molar-refractivity contribution in [3.63, 3.8) is 0 Å². The maximum Gasteiger partial charge on any atom is 0.123 e. The summed E-state index contributed by atoms with van der Waals surface area (Å²) in [4.78, 5) is 10.7. The first kappa shape index (κ1) is 10.4. The highest BCUT2D eigenvalue weighted by Gasteiger charge is 2.00. The molecule has 0 unspecified atom stereocenters. The van der Waals surface area contributed by atoms with Crippen molar-refractivity contribution >= 4 is 28.9 Å². The summed E-state index contributed by atoms with van der Waals surface area (Å²) >= 11 is 3.48. The molecule has 5 heteroatoms. The van der Waals surface area contributed by atoms with E-state index in [9.17, 15) is 0 Å². The molecule has 0 amide bonds. The Kier molecular flexibility index (Phi) is 3.23. The number of anilines is 1. The number of thiazole rings is 1. The van der Waals surface area contributed by atoms with Gasteiger partial charge in [-0.1, -0.05) is 0 Å².